The maximum Gasteiger partial charge on any atom is 0.248 e. The van der Waals surface area contributed by atoms with Crippen LogP contribution < -0.4 is 10.6 Å². The predicted octanol–water partition coefficient (Wildman–Crippen LogP) is 5.08. The molecule has 5 atom stereocenters. The predicted molar refractivity (Wildman–Crippen MR) is 134 cm³/mol. The van der Waals surface area contributed by atoms with E-state index in [2.05, 4.69) is 33.8 Å². The number of aliphatic hydroxyl groups is 1. The Morgan fingerprint density at radius 3 is 2.12 bits per heavy atom. The zero-order chi connectivity index (χ0) is 25.8. The summed E-state index contributed by atoms with van der Waals surface area (Å²) in [4.78, 5) is 1.94. The van der Waals surface area contributed by atoms with Gasteiger partial charge in [0.05, 0.1) is 0 Å². The van der Waals surface area contributed by atoms with Crippen molar-refractivity contribution in [3.63, 3.8) is 0 Å². The highest BCUT2D eigenvalue weighted by molar-refractivity contribution is 5.67. The van der Waals surface area contributed by atoms with Gasteiger partial charge in [0, 0.05) is 30.4 Å². The number of benzene rings is 1. The smallest absolute Gasteiger partial charge is 0.248 e. The van der Waals surface area contributed by atoms with E-state index in [4.69, 9.17) is 29.4 Å². The third kappa shape index (κ3) is 7.29. The van der Waals surface area contributed by atoms with E-state index in [9.17, 15) is 5.11 Å². The van der Waals surface area contributed by atoms with Gasteiger partial charge in [-0.05, 0) is 90.5 Å². The van der Waals surface area contributed by atoms with Crippen LogP contribution >= 0.6 is 0 Å². The fraction of sp³-hybridized carbons (Fsp3) is 0.769. The van der Waals surface area contributed by atoms with E-state index in [1.54, 1.807) is 27.7 Å². The molecule has 0 saturated carbocycles. The number of aryl methyl sites for hydroxylation is 1. The molecule has 34 heavy (non-hydrogen) atoms. The Morgan fingerprint density at radius 1 is 1.00 bits per heavy atom. The first kappa shape index (κ1) is 28.8. The van der Waals surface area contributed by atoms with Crippen molar-refractivity contribution in [3.05, 3.63) is 23.3 Å². The second-order valence-electron chi connectivity index (χ2n) is 10.1. The molecule has 0 aromatic heterocycles. The highest BCUT2D eigenvalue weighted by Gasteiger charge is 2.45. The number of hydrogen-bond acceptors (Lipinski definition) is 8. The van der Waals surface area contributed by atoms with E-state index in [1.165, 1.54) is 0 Å². The minimum Gasteiger partial charge on any atom is -0.398 e. The molecule has 1 aromatic carbocycles. The molecule has 8 heteroatoms. The lowest BCUT2D eigenvalue weighted by Gasteiger charge is -2.52. The van der Waals surface area contributed by atoms with Gasteiger partial charge in [0.1, 0.15) is 0 Å². The molecule has 0 radical (unpaired) electrons. The molecule has 196 valence electrons. The molecule has 0 amide bonds. The minimum atomic E-state index is -1.63. The number of nitrogen functional groups attached to an aromatic ring is 1. The summed E-state index contributed by atoms with van der Waals surface area (Å²) in [5.41, 5.74) is 9.85. The van der Waals surface area contributed by atoms with Crippen LogP contribution in [0, 0.1) is 0 Å². The monoisotopic (exact) mass is 482 g/mol. The Labute approximate surface area is 205 Å². The average Bonchev–Trinajstić information content (AvgIpc) is 2.65. The van der Waals surface area contributed by atoms with Gasteiger partial charge in [-0.15, -0.1) is 0 Å². The molecule has 1 aromatic rings. The first-order valence-corrected chi connectivity index (χ1v) is 12.4. The fourth-order valence-corrected chi connectivity index (χ4v) is 4.78. The minimum absolute atomic E-state index is 0.262. The van der Waals surface area contributed by atoms with Crippen LogP contribution in [-0.2, 0) is 30.1 Å². The molecule has 0 bridgehead atoms. The number of anilines is 2. The number of fused-ring (bicyclic) bond motifs is 1. The summed E-state index contributed by atoms with van der Waals surface area (Å²) in [5, 5.41) is 11.6. The molecule has 2 rings (SSSR count). The van der Waals surface area contributed by atoms with Crippen LogP contribution in [0.25, 0.3) is 0 Å². The van der Waals surface area contributed by atoms with E-state index >= 15 is 0 Å². The summed E-state index contributed by atoms with van der Waals surface area (Å²) in [6.07, 6.45) is -0.553. The van der Waals surface area contributed by atoms with E-state index in [0.717, 1.165) is 35.3 Å². The largest absolute Gasteiger partial charge is 0.398 e. The van der Waals surface area contributed by atoms with Crippen LogP contribution in [0.3, 0.4) is 0 Å². The zero-order valence-corrected chi connectivity index (χ0v) is 22.7. The highest BCUT2D eigenvalue weighted by atomic mass is 16.8. The molecule has 0 aliphatic carbocycles. The molecular weight excluding hydrogens is 436 g/mol. The van der Waals surface area contributed by atoms with Gasteiger partial charge >= 0.3 is 0 Å². The maximum absolute atomic E-state index is 11.6. The van der Waals surface area contributed by atoms with Gasteiger partial charge in [-0.3, -0.25) is 0 Å². The zero-order valence-electron chi connectivity index (χ0n) is 22.7. The van der Waals surface area contributed by atoms with E-state index in [1.807, 2.05) is 24.8 Å². The Bertz CT molecular complexity index is 798. The molecule has 5 unspecified atom stereocenters. The number of hydrogen-bond donors (Lipinski definition) is 2. The molecule has 3 N–H and O–H groups in total. The Morgan fingerprint density at radius 2 is 1.56 bits per heavy atom. The van der Waals surface area contributed by atoms with Crippen LogP contribution in [0.1, 0.15) is 92.7 Å². The first-order chi connectivity index (χ1) is 15.7. The van der Waals surface area contributed by atoms with Gasteiger partial charge in [-0.2, -0.15) is 0 Å². The van der Waals surface area contributed by atoms with Crippen molar-refractivity contribution in [2.45, 2.75) is 125 Å². The average molecular weight is 483 g/mol. The molecule has 1 heterocycles. The number of nitrogens with two attached hydrogens (primary N) is 1. The van der Waals surface area contributed by atoms with Gasteiger partial charge < -0.3 is 39.4 Å². The lowest BCUT2D eigenvalue weighted by molar-refractivity contribution is -0.339. The van der Waals surface area contributed by atoms with Gasteiger partial charge in [0.2, 0.25) is 5.91 Å². The van der Waals surface area contributed by atoms with E-state index in [0.29, 0.717) is 6.61 Å². The summed E-state index contributed by atoms with van der Waals surface area (Å²) in [5.74, 6) is -1.37. The lowest BCUT2D eigenvalue weighted by atomic mass is 9.84. The Balaban J connectivity index is 2.15. The summed E-state index contributed by atoms with van der Waals surface area (Å²) in [6, 6.07) is 4.12. The van der Waals surface area contributed by atoms with Gasteiger partial charge in [-0.1, -0.05) is 13.8 Å². The molecular formula is C26H46N2O6. The Kier molecular flexibility index (Phi) is 9.78. The standard InChI is InChI=1S/C26H46N2O6/c1-11-30-17(4)31-18(5)32-19(6)33-20(7)34-26(10,29)28-24-15-22(16(2)3)23(27)14-21(24)12-13-25(28,8)9/h14-20,29H,11-13,27H2,1-10H3. The molecule has 1 aliphatic rings. The van der Waals surface area contributed by atoms with Crippen molar-refractivity contribution in [2.75, 3.05) is 17.2 Å². The van der Waals surface area contributed by atoms with Gasteiger partial charge in [0.25, 0.3) is 0 Å². The van der Waals surface area contributed by atoms with Gasteiger partial charge in [0.15, 0.2) is 25.2 Å². The molecule has 0 saturated heterocycles. The quantitative estimate of drug-likeness (QED) is 0.315. The fourth-order valence-electron chi connectivity index (χ4n) is 4.78. The topological polar surface area (TPSA) is 95.6 Å². The molecule has 8 nitrogen and oxygen atoms in total. The number of rotatable bonds is 12. The maximum atomic E-state index is 11.6. The van der Waals surface area contributed by atoms with Crippen molar-refractivity contribution in [3.8, 4) is 0 Å². The summed E-state index contributed by atoms with van der Waals surface area (Å²) >= 11 is 0. The van der Waals surface area contributed by atoms with Crippen LogP contribution in [0.5, 0.6) is 0 Å². The van der Waals surface area contributed by atoms with Crippen molar-refractivity contribution in [2.24, 2.45) is 0 Å². The first-order valence-electron chi connectivity index (χ1n) is 12.4. The molecule has 0 spiro atoms. The summed E-state index contributed by atoms with van der Waals surface area (Å²) in [6.45, 7) is 19.6. The van der Waals surface area contributed by atoms with Crippen LogP contribution in [-0.4, -0.2) is 48.3 Å². The SMILES string of the molecule is CCOC(C)OC(C)OC(C)OC(C)OC(C)(O)N1c2cc(C(C)C)c(N)cc2CCC1(C)C. The van der Waals surface area contributed by atoms with E-state index in [-0.39, 0.29) is 17.7 Å². The van der Waals surface area contributed by atoms with Crippen molar-refractivity contribution >= 4 is 11.4 Å². The normalized spacial score (nSPS) is 21.0. The number of ether oxygens (including phenoxy) is 5. The van der Waals surface area contributed by atoms with Crippen LogP contribution in [0.15, 0.2) is 12.1 Å². The van der Waals surface area contributed by atoms with Crippen molar-refractivity contribution < 1.29 is 28.8 Å². The summed E-state index contributed by atoms with van der Waals surface area (Å²) < 4.78 is 28.6. The third-order valence-corrected chi connectivity index (χ3v) is 6.11. The third-order valence-electron chi connectivity index (χ3n) is 6.11. The van der Waals surface area contributed by atoms with Crippen LogP contribution in [0.2, 0.25) is 0 Å². The van der Waals surface area contributed by atoms with Gasteiger partial charge in [-0.25, -0.2) is 0 Å². The van der Waals surface area contributed by atoms with Crippen molar-refractivity contribution in [1.82, 2.24) is 0 Å². The second kappa shape index (κ2) is 11.5. The van der Waals surface area contributed by atoms with E-state index < -0.39 is 24.8 Å². The lowest BCUT2D eigenvalue weighted by Crippen LogP contribution is -2.61. The number of nitrogens with zero attached hydrogens (tertiary/aromatic N) is 1. The second-order valence-corrected chi connectivity index (χ2v) is 10.1. The molecule has 1 aliphatic heterocycles. The summed E-state index contributed by atoms with van der Waals surface area (Å²) in [7, 11) is 0. The van der Waals surface area contributed by atoms with Crippen LogP contribution in [0.4, 0.5) is 11.4 Å². The Hall–Kier alpha value is -1.42. The highest BCUT2D eigenvalue weighted by Crippen LogP contribution is 2.44. The van der Waals surface area contributed by atoms with Crippen molar-refractivity contribution in [1.29, 1.82) is 0 Å². The molecule has 0 fully saturated rings.